The van der Waals surface area contributed by atoms with Crippen molar-refractivity contribution in [3.05, 3.63) is 29.6 Å². The molecular formula is C17H24N4O2. The van der Waals surface area contributed by atoms with E-state index in [4.69, 9.17) is 4.74 Å². The lowest BCUT2D eigenvalue weighted by molar-refractivity contribution is 0.0288. The number of ether oxygens (including phenoxy) is 1. The van der Waals surface area contributed by atoms with Crippen molar-refractivity contribution in [3.63, 3.8) is 0 Å². The van der Waals surface area contributed by atoms with Crippen molar-refractivity contribution < 1.29 is 9.53 Å². The van der Waals surface area contributed by atoms with Crippen molar-refractivity contribution in [3.8, 4) is 6.07 Å². The number of nitrogens with zero attached hydrogens (tertiary/aromatic N) is 3. The van der Waals surface area contributed by atoms with Crippen LogP contribution in [0.4, 0.5) is 4.79 Å². The lowest BCUT2D eigenvalue weighted by Gasteiger charge is -2.24. The van der Waals surface area contributed by atoms with Crippen molar-refractivity contribution in [2.24, 2.45) is 5.92 Å². The molecule has 1 aromatic heterocycles. The first-order valence-corrected chi connectivity index (χ1v) is 7.81. The highest BCUT2D eigenvalue weighted by Crippen LogP contribution is 2.20. The maximum absolute atomic E-state index is 12.2. The number of nitriles is 1. The van der Waals surface area contributed by atoms with E-state index in [2.05, 4.69) is 16.4 Å². The third-order valence-corrected chi connectivity index (χ3v) is 3.79. The van der Waals surface area contributed by atoms with E-state index in [1.807, 2.05) is 39.8 Å². The number of hydrogen-bond donors (Lipinski definition) is 1. The van der Waals surface area contributed by atoms with Crippen LogP contribution in [-0.2, 0) is 11.3 Å². The molecule has 1 N–H and O–H groups in total. The topological polar surface area (TPSA) is 78.2 Å². The van der Waals surface area contributed by atoms with Gasteiger partial charge in [0.1, 0.15) is 5.60 Å². The Balaban J connectivity index is 1.96. The Morgan fingerprint density at radius 2 is 2.26 bits per heavy atom. The van der Waals surface area contributed by atoms with E-state index in [-0.39, 0.29) is 18.1 Å². The zero-order valence-electron chi connectivity index (χ0n) is 14.2. The third kappa shape index (κ3) is 4.67. The minimum atomic E-state index is -0.532. The van der Waals surface area contributed by atoms with Crippen LogP contribution in [0.25, 0.3) is 0 Å². The number of nitrogens with one attached hydrogen (secondary N) is 1. The molecule has 0 unspecified atom stereocenters. The quantitative estimate of drug-likeness (QED) is 0.925. The number of carbonyl (C=O) groups is 1. The standard InChI is InChI=1S/C17H24N4O2/c1-12-6-5-7-19-14(12)9-20-15-11-21(10-13(15)8-18)16(22)23-17(2,3)4/h5-7,13,15,20H,9-11H2,1-4H3/t13-,15+/m0/s1. The molecule has 1 aliphatic heterocycles. The lowest BCUT2D eigenvalue weighted by Crippen LogP contribution is -2.38. The first-order chi connectivity index (χ1) is 10.8. The molecule has 1 aromatic rings. The van der Waals surface area contributed by atoms with Crippen LogP contribution < -0.4 is 5.32 Å². The number of aromatic nitrogens is 1. The zero-order valence-corrected chi connectivity index (χ0v) is 14.2. The minimum absolute atomic E-state index is 0.0751. The largest absolute Gasteiger partial charge is 0.444 e. The van der Waals surface area contributed by atoms with Crippen molar-refractivity contribution >= 4 is 6.09 Å². The predicted molar refractivity (Wildman–Crippen MR) is 86.5 cm³/mol. The molecule has 6 nitrogen and oxygen atoms in total. The summed E-state index contributed by atoms with van der Waals surface area (Å²) in [4.78, 5) is 18.1. The van der Waals surface area contributed by atoms with Gasteiger partial charge in [0, 0.05) is 31.9 Å². The molecule has 0 aromatic carbocycles. The fraction of sp³-hybridized carbons (Fsp3) is 0.588. The molecule has 0 radical (unpaired) electrons. The summed E-state index contributed by atoms with van der Waals surface area (Å²) in [6.07, 6.45) is 1.39. The van der Waals surface area contributed by atoms with Crippen LogP contribution in [0.2, 0.25) is 0 Å². The fourth-order valence-corrected chi connectivity index (χ4v) is 2.55. The van der Waals surface area contributed by atoms with Crippen molar-refractivity contribution in [1.82, 2.24) is 15.2 Å². The maximum atomic E-state index is 12.2. The van der Waals surface area contributed by atoms with Crippen LogP contribution in [0, 0.1) is 24.2 Å². The molecule has 1 saturated heterocycles. The van der Waals surface area contributed by atoms with Crippen molar-refractivity contribution in [1.29, 1.82) is 5.26 Å². The van der Waals surface area contributed by atoms with Gasteiger partial charge in [-0.2, -0.15) is 5.26 Å². The average molecular weight is 316 g/mol. The smallest absolute Gasteiger partial charge is 0.410 e. The molecule has 23 heavy (non-hydrogen) atoms. The number of amides is 1. The van der Waals surface area contributed by atoms with E-state index in [0.717, 1.165) is 11.3 Å². The Hall–Kier alpha value is -2.13. The summed E-state index contributed by atoms with van der Waals surface area (Å²) in [7, 11) is 0. The van der Waals surface area contributed by atoms with Gasteiger partial charge in [0.15, 0.2) is 0 Å². The van der Waals surface area contributed by atoms with E-state index < -0.39 is 5.60 Å². The molecule has 0 aliphatic carbocycles. The van der Waals surface area contributed by atoms with Gasteiger partial charge in [0.25, 0.3) is 0 Å². The molecule has 0 spiro atoms. The highest BCUT2D eigenvalue weighted by Gasteiger charge is 2.37. The Kier molecular flexibility index (Phi) is 5.22. The van der Waals surface area contributed by atoms with E-state index in [9.17, 15) is 10.1 Å². The number of rotatable bonds is 3. The molecule has 0 saturated carbocycles. The van der Waals surface area contributed by atoms with E-state index >= 15 is 0 Å². The highest BCUT2D eigenvalue weighted by atomic mass is 16.6. The fourth-order valence-electron chi connectivity index (χ4n) is 2.55. The van der Waals surface area contributed by atoms with E-state index in [1.165, 1.54) is 0 Å². The summed E-state index contributed by atoms with van der Waals surface area (Å²) in [6.45, 7) is 8.96. The molecule has 1 amide bonds. The van der Waals surface area contributed by atoms with Gasteiger partial charge >= 0.3 is 6.09 Å². The molecule has 2 heterocycles. The van der Waals surface area contributed by atoms with E-state index in [0.29, 0.717) is 19.6 Å². The van der Waals surface area contributed by atoms with Crippen LogP contribution in [0.1, 0.15) is 32.0 Å². The number of hydrogen-bond acceptors (Lipinski definition) is 5. The predicted octanol–water partition coefficient (Wildman–Crippen LogP) is 2.24. The molecule has 124 valence electrons. The third-order valence-electron chi connectivity index (χ3n) is 3.79. The molecular weight excluding hydrogens is 292 g/mol. The molecule has 2 rings (SSSR count). The van der Waals surface area contributed by atoms with Crippen molar-refractivity contribution in [2.45, 2.75) is 45.9 Å². The molecule has 1 fully saturated rings. The average Bonchev–Trinajstić information content (AvgIpc) is 2.88. The Labute approximate surface area is 137 Å². The second-order valence-electron chi connectivity index (χ2n) is 6.88. The number of likely N-dealkylation sites (tertiary alicyclic amines) is 1. The van der Waals surface area contributed by atoms with Gasteiger partial charge in [-0.3, -0.25) is 4.98 Å². The maximum Gasteiger partial charge on any atom is 0.410 e. The molecule has 6 heteroatoms. The Morgan fingerprint density at radius 3 is 2.87 bits per heavy atom. The molecule has 1 aliphatic rings. The Bertz CT molecular complexity index is 603. The van der Waals surface area contributed by atoms with Gasteiger partial charge in [-0.25, -0.2) is 4.79 Å². The zero-order chi connectivity index (χ0) is 17.0. The molecule has 0 bridgehead atoms. The van der Waals surface area contributed by atoms with Gasteiger partial charge < -0.3 is 15.0 Å². The molecule has 2 atom stereocenters. The normalized spacial score (nSPS) is 21.1. The van der Waals surface area contributed by atoms with E-state index in [1.54, 1.807) is 11.1 Å². The summed E-state index contributed by atoms with van der Waals surface area (Å²) in [5.74, 6) is -0.244. The summed E-state index contributed by atoms with van der Waals surface area (Å²) in [5.41, 5.74) is 1.53. The first kappa shape index (κ1) is 17.2. The summed E-state index contributed by atoms with van der Waals surface area (Å²) in [6, 6.07) is 6.11. The first-order valence-electron chi connectivity index (χ1n) is 7.81. The summed E-state index contributed by atoms with van der Waals surface area (Å²) < 4.78 is 5.38. The second kappa shape index (κ2) is 6.97. The lowest BCUT2D eigenvalue weighted by atomic mass is 10.1. The number of pyridine rings is 1. The monoisotopic (exact) mass is 316 g/mol. The summed E-state index contributed by atoms with van der Waals surface area (Å²) >= 11 is 0. The van der Waals surface area contributed by atoms with Gasteiger partial charge in [0.05, 0.1) is 17.7 Å². The number of aryl methyl sites for hydroxylation is 1. The van der Waals surface area contributed by atoms with Crippen LogP contribution in [0.15, 0.2) is 18.3 Å². The van der Waals surface area contributed by atoms with Crippen LogP contribution in [0.5, 0.6) is 0 Å². The number of carbonyl (C=O) groups excluding carboxylic acids is 1. The van der Waals surface area contributed by atoms with Gasteiger partial charge in [-0.15, -0.1) is 0 Å². The van der Waals surface area contributed by atoms with Crippen LogP contribution in [-0.4, -0.2) is 40.7 Å². The van der Waals surface area contributed by atoms with Gasteiger partial charge in [-0.05, 0) is 39.3 Å². The van der Waals surface area contributed by atoms with Gasteiger partial charge in [0.2, 0.25) is 0 Å². The van der Waals surface area contributed by atoms with Gasteiger partial charge in [-0.1, -0.05) is 6.07 Å². The second-order valence-corrected chi connectivity index (χ2v) is 6.88. The Morgan fingerprint density at radius 1 is 1.52 bits per heavy atom. The highest BCUT2D eigenvalue weighted by molar-refractivity contribution is 5.68. The van der Waals surface area contributed by atoms with Crippen LogP contribution in [0.3, 0.4) is 0 Å². The SMILES string of the molecule is Cc1cccnc1CN[C@@H]1CN(C(=O)OC(C)(C)C)C[C@@H]1C#N. The van der Waals surface area contributed by atoms with Crippen molar-refractivity contribution in [2.75, 3.05) is 13.1 Å². The summed E-state index contributed by atoms with van der Waals surface area (Å²) in [5, 5.41) is 12.7. The minimum Gasteiger partial charge on any atom is -0.444 e. The van der Waals surface area contributed by atoms with Crippen LogP contribution >= 0.6 is 0 Å².